The predicted octanol–water partition coefficient (Wildman–Crippen LogP) is 6.51. The van der Waals surface area contributed by atoms with Gasteiger partial charge in [0.1, 0.15) is 5.75 Å². The van der Waals surface area contributed by atoms with Gasteiger partial charge in [-0.05, 0) is 67.9 Å². The Kier molecular flexibility index (Phi) is 11.6. The molecule has 0 saturated carbocycles. The Balaban J connectivity index is 1.25. The van der Waals surface area contributed by atoms with Gasteiger partial charge in [-0.1, -0.05) is 43.1 Å². The lowest BCUT2D eigenvalue weighted by Crippen LogP contribution is -2.46. The largest absolute Gasteiger partial charge is 0.494 e. The lowest BCUT2D eigenvalue weighted by atomic mass is 10.2. The Labute approximate surface area is 252 Å². The molecule has 2 aromatic carbocycles. The molecular weight excluding hydrogens is 563 g/mol. The summed E-state index contributed by atoms with van der Waals surface area (Å²) in [4.78, 5) is 31.7. The molecule has 10 heteroatoms. The number of carbonyl (C=O) groups is 1. The summed E-state index contributed by atoms with van der Waals surface area (Å²) in [5.74, 6) is 0.689. The number of anilines is 1. The van der Waals surface area contributed by atoms with E-state index in [2.05, 4.69) is 9.80 Å². The summed E-state index contributed by atoms with van der Waals surface area (Å²) in [5.41, 5.74) is 1.46. The second-order valence-corrected chi connectivity index (χ2v) is 11.1. The van der Waals surface area contributed by atoms with Gasteiger partial charge >= 0.3 is 6.09 Å². The number of pyridine rings is 1. The van der Waals surface area contributed by atoms with Gasteiger partial charge in [0.25, 0.3) is 5.56 Å². The van der Waals surface area contributed by atoms with Gasteiger partial charge in [-0.15, -0.1) is 0 Å². The molecule has 1 aliphatic rings. The van der Waals surface area contributed by atoms with Crippen LogP contribution in [0.5, 0.6) is 5.75 Å². The van der Waals surface area contributed by atoms with E-state index in [0.29, 0.717) is 41.0 Å². The van der Waals surface area contributed by atoms with E-state index in [9.17, 15) is 9.59 Å². The lowest BCUT2D eigenvalue weighted by molar-refractivity contribution is 0.0759. The van der Waals surface area contributed by atoms with Gasteiger partial charge in [0, 0.05) is 51.4 Å². The highest BCUT2D eigenvalue weighted by Crippen LogP contribution is 2.33. The standard InChI is InChI=1S/C31H40Cl2N4O4/c1-3-14-36(15-4-2)31(39)41-23-37-28-22-25(12-10-24(28)11-13-29(37)38)40-21-6-5-16-34-17-19-35(20-18-34)27-9-7-8-26(32)30(27)33/h7-13,22H,3-6,14-21,23H2,1-2H3. The molecule has 1 aromatic heterocycles. The molecule has 0 N–H and O–H groups in total. The van der Waals surface area contributed by atoms with Crippen molar-refractivity contribution < 1.29 is 14.3 Å². The molecule has 1 amide bonds. The third-order valence-corrected chi connectivity index (χ3v) is 8.12. The Morgan fingerprint density at radius 1 is 0.951 bits per heavy atom. The highest BCUT2D eigenvalue weighted by atomic mass is 35.5. The van der Waals surface area contributed by atoms with Gasteiger partial charge < -0.3 is 19.3 Å². The van der Waals surface area contributed by atoms with Crippen molar-refractivity contribution in [3.05, 3.63) is 68.9 Å². The van der Waals surface area contributed by atoms with Crippen LogP contribution < -0.4 is 15.2 Å². The van der Waals surface area contributed by atoms with Crippen molar-refractivity contribution in [2.24, 2.45) is 0 Å². The number of ether oxygens (including phenoxy) is 2. The maximum atomic E-state index is 12.7. The number of piperazine rings is 1. The van der Waals surface area contributed by atoms with Crippen LogP contribution in [0.2, 0.25) is 10.0 Å². The number of nitrogens with zero attached hydrogens (tertiary/aromatic N) is 4. The van der Waals surface area contributed by atoms with Gasteiger partial charge in [-0.2, -0.15) is 0 Å². The van der Waals surface area contributed by atoms with Crippen molar-refractivity contribution >= 4 is 45.9 Å². The summed E-state index contributed by atoms with van der Waals surface area (Å²) in [6.07, 6.45) is 3.24. The Morgan fingerprint density at radius 2 is 1.68 bits per heavy atom. The maximum absolute atomic E-state index is 12.7. The minimum Gasteiger partial charge on any atom is -0.494 e. The van der Waals surface area contributed by atoms with Gasteiger partial charge in [0.2, 0.25) is 0 Å². The van der Waals surface area contributed by atoms with Crippen molar-refractivity contribution in [2.75, 3.05) is 57.3 Å². The summed E-state index contributed by atoms with van der Waals surface area (Å²) in [6, 6.07) is 14.7. The molecule has 222 valence electrons. The number of amides is 1. The number of unbranched alkanes of at least 4 members (excludes halogenated alkanes) is 1. The van der Waals surface area contributed by atoms with Crippen LogP contribution in [-0.4, -0.2) is 72.9 Å². The first-order valence-electron chi connectivity index (χ1n) is 14.5. The first-order valence-corrected chi connectivity index (χ1v) is 15.3. The van der Waals surface area contributed by atoms with Crippen LogP contribution in [0, 0.1) is 0 Å². The van der Waals surface area contributed by atoms with E-state index in [0.717, 1.165) is 69.5 Å². The maximum Gasteiger partial charge on any atom is 0.411 e. The predicted molar refractivity (Wildman–Crippen MR) is 167 cm³/mol. The Morgan fingerprint density at radius 3 is 2.41 bits per heavy atom. The van der Waals surface area contributed by atoms with E-state index in [4.69, 9.17) is 32.7 Å². The fraction of sp³-hybridized carbons (Fsp3) is 0.484. The molecule has 8 nitrogen and oxygen atoms in total. The average molecular weight is 604 g/mol. The SMILES string of the molecule is CCCN(CCC)C(=O)OCn1c(=O)ccc2ccc(OCCCCN3CCN(c4cccc(Cl)c4Cl)CC3)cc21. The van der Waals surface area contributed by atoms with Gasteiger partial charge in [-0.3, -0.25) is 14.3 Å². The molecule has 41 heavy (non-hydrogen) atoms. The summed E-state index contributed by atoms with van der Waals surface area (Å²) in [6.45, 7) is 10.5. The summed E-state index contributed by atoms with van der Waals surface area (Å²) >= 11 is 12.6. The molecular formula is C31H40Cl2N4O4. The molecule has 2 heterocycles. The van der Waals surface area contributed by atoms with Crippen LogP contribution in [0.1, 0.15) is 39.5 Å². The Hall–Kier alpha value is -2.94. The highest BCUT2D eigenvalue weighted by Gasteiger charge is 2.19. The van der Waals surface area contributed by atoms with E-state index < -0.39 is 6.09 Å². The molecule has 0 radical (unpaired) electrons. The molecule has 1 fully saturated rings. The summed E-state index contributed by atoms with van der Waals surface area (Å²) in [7, 11) is 0. The van der Waals surface area contributed by atoms with Crippen molar-refractivity contribution in [1.29, 1.82) is 0 Å². The van der Waals surface area contributed by atoms with Gasteiger partial charge in [0.05, 0.1) is 27.9 Å². The quantitative estimate of drug-likeness (QED) is 0.208. The molecule has 1 aliphatic heterocycles. The number of hydrogen-bond acceptors (Lipinski definition) is 6. The number of aromatic nitrogens is 1. The zero-order valence-corrected chi connectivity index (χ0v) is 25.5. The van der Waals surface area contributed by atoms with E-state index in [1.54, 1.807) is 11.0 Å². The molecule has 4 rings (SSSR count). The fourth-order valence-corrected chi connectivity index (χ4v) is 5.53. The first-order chi connectivity index (χ1) is 19.9. The topological polar surface area (TPSA) is 67.2 Å². The summed E-state index contributed by atoms with van der Waals surface area (Å²) < 4.78 is 13.0. The number of rotatable bonds is 13. The van der Waals surface area contributed by atoms with Crippen LogP contribution in [-0.2, 0) is 11.5 Å². The number of benzene rings is 2. The molecule has 0 aliphatic carbocycles. The van der Waals surface area contributed by atoms with E-state index in [1.165, 1.54) is 10.6 Å². The molecule has 0 bridgehead atoms. The first kappa shape index (κ1) is 31.0. The van der Waals surface area contributed by atoms with Crippen LogP contribution in [0.3, 0.4) is 0 Å². The number of hydrogen-bond donors (Lipinski definition) is 0. The monoisotopic (exact) mass is 602 g/mol. The highest BCUT2D eigenvalue weighted by molar-refractivity contribution is 6.43. The lowest BCUT2D eigenvalue weighted by Gasteiger charge is -2.36. The van der Waals surface area contributed by atoms with Crippen molar-refractivity contribution in [2.45, 2.75) is 46.3 Å². The van der Waals surface area contributed by atoms with E-state index in [-0.39, 0.29) is 12.3 Å². The minimum atomic E-state index is -0.403. The van der Waals surface area contributed by atoms with Crippen LogP contribution in [0.25, 0.3) is 10.9 Å². The molecule has 1 saturated heterocycles. The summed E-state index contributed by atoms with van der Waals surface area (Å²) in [5, 5.41) is 2.09. The molecule has 0 atom stereocenters. The van der Waals surface area contributed by atoms with E-state index in [1.807, 2.05) is 50.2 Å². The van der Waals surface area contributed by atoms with Gasteiger partial charge in [0.15, 0.2) is 6.73 Å². The van der Waals surface area contributed by atoms with Gasteiger partial charge in [-0.25, -0.2) is 4.79 Å². The van der Waals surface area contributed by atoms with Crippen molar-refractivity contribution in [1.82, 2.24) is 14.4 Å². The average Bonchev–Trinajstić information content (AvgIpc) is 2.98. The van der Waals surface area contributed by atoms with Crippen LogP contribution in [0.4, 0.5) is 10.5 Å². The number of halogens is 2. The van der Waals surface area contributed by atoms with Crippen molar-refractivity contribution in [3.8, 4) is 5.75 Å². The van der Waals surface area contributed by atoms with Crippen LogP contribution in [0.15, 0.2) is 53.3 Å². The zero-order chi connectivity index (χ0) is 29.2. The smallest absolute Gasteiger partial charge is 0.411 e. The minimum absolute atomic E-state index is 0.140. The molecule has 0 unspecified atom stereocenters. The number of fused-ring (bicyclic) bond motifs is 1. The second-order valence-electron chi connectivity index (χ2n) is 10.3. The normalized spacial score (nSPS) is 13.9. The number of carbonyl (C=O) groups excluding carboxylic acids is 1. The zero-order valence-electron chi connectivity index (χ0n) is 24.0. The van der Waals surface area contributed by atoms with Crippen molar-refractivity contribution in [3.63, 3.8) is 0 Å². The van der Waals surface area contributed by atoms with E-state index >= 15 is 0 Å². The second kappa shape index (κ2) is 15.3. The fourth-order valence-electron chi connectivity index (χ4n) is 5.11. The third kappa shape index (κ3) is 8.31. The molecule has 3 aromatic rings. The Bertz CT molecular complexity index is 1350. The molecule has 0 spiro atoms. The van der Waals surface area contributed by atoms with Crippen LogP contribution >= 0.6 is 23.2 Å². The third-order valence-electron chi connectivity index (χ3n) is 7.31.